The molecule has 15 heavy (non-hydrogen) atoms. The predicted octanol–water partition coefficient (Wildman–Crippen LogP) is 1.54. The predicted molar refractivity (Wildman–Crippen MR) is 62.7 cm³/mol. The molecule has 1 aliphatic heterocycles. The molecule has 0 aliphatic carbocycles. The molecule has 3 heteroatoms. The van der Waals surface area contributed by atoms with Crippen LogP contribution in [0.2, 0.25) is 0 Å². The first-order valence-electron chi connectivity index (χ1n) is 6.16. The lowest BCUT2D eigenvalue weighted by Gasteiger charge is -2.32. The molecule has 1 fully saturated rings. The van der Waals surface area contributed by atoms with Crippen LogP contribution >= 0.6 is 0 Å². The molecular weight excluding hydrogens is 188 g/mol. The van der Waals surface area contributed by atoms with Gasteiger partial charge in [-0.25, -0.2) is 0 Å². The van der Waals surface area contributed by atoms with E-state index >= 15 is 0 Å². The largest absolute Gasteiger partial charge is 0.353 e. The van der Waals surface area contributed by atoms with E-state index in [9.17, 15) is 4.79 Å². The smallest absolute Gasteiger partial charge is 0.223 e. The first-order chi connectivity index (χ1) is 7.15. The minimum absolute atomic E-state index is 0.162. The van der Waals surface area contributed by atoms with Crippen molar-refractivity contribution in [2.75, 3.05) is 13.1 Å². The van der Waals surface area contributed by atoms with Gasteiger partial charge in [0.2, 0.25) is 5.91 Å². The third-order valence-corrected chi connectivity index (χ3v) is 3.31. The van der Waals surface area contributed by atoms with Gasteiger partial charge in [0.15, 0.2) is 0 Å². The second-order valence-electron chi connectivity index (χ2n) is 4.76. The van der Waals surface area contributed by atoms with Crippen molar-refractivity contribution in [1.82, 2.24) is 10.6 Å². The second-order valence-corrected chi connectivity index (χ2v) is 4.76. The van der Waals surface area contributed by atoms with E-state index in [0.717, 1.165) is 19.5 Å². The number of amides is 1. The highest BCUT2D eigenvalue weighted by Crippen LogP contribution is 2.16. The summed E-state index contributed by atoms with van der Waals surface area (Å²) in [6.07, 6.45) is 3.49. The van der Waals surface area contributed by atoms with Crippen LogP contribution < -0.4 is 10.6 Å². The van der Waals surface area contributed by atoms with E-state index in [0.29, 0.717) is 12.0 Å². The van der Waals surface area contributed by atoms with Gasteiger partial charge < -0.3 is 10.6 Å². The van der Waals surface area contributed by atoms with Crippen LogP contribution in [0.4, 0.5) is 0 Å². The standard InChI is InChI=1S/C12H24N2O/c1-4-5-6-9(2)14-12(15)10(3)11-7-13-8-11/h9-11,13H,4-8H2,1-3H3,(H,14,15). The molecular formula is C12H24N2O. The lowest BCUT2D eigenvalue weighted by Crippen LogP contribution is -2.50. The molecule has 0 spiro atoms. The highest BCUT2D eigenvalue weighted by atomic mass is 16.1. The minimum Gasteiger partial charge on any atom is -0.353 e. The van der Waals surface area contributed by atoms with Crippen LogP contribution in [0.1, 0.15) is 40.0 Å². The van der Waals surface area contributed by atoms with Crippen molar-refractivity contribution in [1.29, 1.82) is 0 Å². The van der Waals surface area contributed by atoms with Crippen molar-refractivity contribution in [3.63, 3.8) is 0 Å². The van der Waals surface area contributed by atoms with Crippen molar-refractivity contribution in [3.8, 4) is 0 Å². The second kappa shape index (κ2) is 6.11. The summed E-state index contributed by atoms with van der Waals surface area (Å²) in [6.45, 7) is 8.31. The first kappa shape index (κ1) is 12.5. The average Bonchev–Trinajstić information content (AvgIpc) is 2.11. The Morgan fingerprint density at radius 3 is 2.60 bits per heavy atom. The zero-order valence-corrected chi connectivity index (χ0v) is 10.2. The number of unbranched alkanes of at least 4 members (excludes halogenated alkanes) is 1. The van der Waals surface area contributed by atoms with E-state index in [-0.39, 0.29) is 11.8 Å². The van der Waals surface area contributed by atoms with Gasteiger partial charge in [0, 0.05) is 12.0 Å². The molecule has 0 aromatic rings. The molecule has 0 aromatic carbocycles. The zero-order valence-electron chi connectivity index (χ0n) is 10.2. The number of rotatable bonds is 6. The first-order valence-corrected chi connectivity index (χ1v) is 6.16. The fourth-order valence-corrected chi connectivity index (χ4v) is 1.84. The molecule has 1 heterocycles. The van der Waals surface area contributed by atoms with Gasteiger partial charge in [-0.1, -0.05) is 26.7 Å². The van der Waals surface area contributed by atoms with Crippen LogP contribution in [0, 0.1) is 11.8 Å². The Hall–Kier alpha value is -0.570. The van der Waals surface area contributed by atoms with E-state index in [1.807, 2.05) is 6.92 Å². The lowest BCUT2D eigenvalue weighted by atomic mass is 9.88. The molecule has 0 aromatic heterocycles. The summed E-state index contributed by atoms with van der Waals surface area (Å²) in [5.74, 6) is 0.934. The van der Waals surface area contributed by atoms with E-state index in [4.69, 9.17) is 0 Å². The molecule has 1 saturated heterocycles. The Bertz CT molecular complexity index is 202. The molecule has 1 rings (SSSR count). The van der Waals surface area contributed by atoms with Gasteiger partial charge in [-0.2, -0.15) is 0 Å². The Morgan fingerprint density at radius 2 is 2.13 bits per heavy atom. The summed E-state index contributed by atoms with van der Waals surface area (Å²) in [4.78, 5) is 11.8. The Balaban J connectivity index is 2.21. The molecule has 88 valence electrons. The summed E-state index contributed by atoms with van der Waals surface area (Å²) in [5, 5.41) is 6.30. The van der Waals surface area contributed by atoms with Gasteiger partial charge >= 0.3 is 0 Å². The van der Waals surface area contributed by atoms with E-state index < -0.39 is 0 Å². The van der Waals surface area contributed by atoms with Gasteiger partial charge in [0.25, 0.3) is 0 Å². The van der Waals surface area contributed by atoms with Gasteiger partial charge in [-0.05, 0) is 32.4 Å². The highest BCUT2D eigenvalue weighted by molar-refractivity contribution is 5.79. The van der Waals surface area contributed by atoms with Gasteiger partial charge in [-0.3, -0.25) is 4.79 Å². The van der Waals surface area contributed by atoms with Crippen molar-refractivity contribution >= 4 is 5.91 Å². The van der Waals surface area contributed by atoms with E-state index in [1.165, 1.54) is 12.8 Å². The molecule has 1 aliphatic rings. The number of nitrogens with one attached hydrogen (secondary N) is 2. The van der Waals surface area contributed by atoms with Crippen LogP contribution in [-0.2, 0) is 4.79 Å². The summed E-state index contributed by atoms with van der Waals surface area (Å²) in [7, 11) is 0. The Kier molecular flexibility index (Phi) is 5.09. The maximum Gasteiger partial charge on any atom is 0.223 e. The number of hydrogen-bond donors (Lipinski definition) is 2. The number of carbonyl (C=O) groups excluding carboxylic acids is 1. The minimum atomic E-state index is 0.162. The normalized spacial score (nSPS) is 20.5. The quantitative estimate of drug-likeness (QED) is 0.701. The number of carbonyl (C=O) groups is 1. The van der Waals surface area contributed by atoms with Crippen LogP contribution in [0.15, 0.2) is 0 Å². The summed E-state index contributed by atoms with van der Waals surface area (Å²) >= 11 is 0. The fraction of sp³-hybridized carbons (Fsp3) is 0.917. The molecule has 3 nitrogen and oxygen atoms in total. The summed E-state index contributed by atoms with van der Waals surface area (Å²) in [6, 6.07) is 0.327. The summed E-state index contributed by atoms with van der Waals surface area (Å²) in [5.41, 5.74) is 0. The number of hydrogen-bond acceptors (Lipinski definition) is 2. The van der Waals surface area contributed by atoms with E-state index in [2.05, 4.69) is 24.5 Å². The third-order valence-electron chi connectivity index (χ3n) is 3.31. The monoisotopic (exact) mass is 212 g/mol. The molecule has 0 saturated carbocycles. The third kappa shape index (κ3) is 3.82. The van der Waals surface area contributed by atoms with Crippen molar-refractivity contribution in [3.05, 3.63) is 0 Å². The van der Waals surface area contributed by atoms with E-state index in [1.54, 1.807) is 0 Å². The van der Waals surface area contributed by atoms with Crippen LogP contribution in [0.5, 0.6) is 0 Å². The molecule has 2 unspecified atom stereocenters. The van der Waals surface area contributed by atoms with Crippen molar-refractivity contribution in [2.24, 2.45) is 11.8 Å². The fourth-order valence-electron chi connectivity index (χ4n) is 1.84. The molecule has 2 atom stereocenters. The highest BCUT2D eigenvalue weighted by Gasteiger charge is 2.28. The summed E-state index contributed by atoms with van der Waals surface area (Å²) < 4.78 is 0. The van der Waals surface area contributed by atoms with Gasteiger partial charge in [-0.15, -0.1) is 0 Å². The molecule has 1 amide bonds. The maximum atomic E-state index is 11.8. The molecule has 2 N–H and O–H groups in total. The zero-order chi connectivity index (χ0) is 11.3. The molecule has 0 radical (unpaired) electrons. The average molecular weight is 212 g/mol. The van der Waals surface area contributed by atoms with Crippen molar-refractivity contribution < 1.29 is 4.79 Å². The Morgan fingerprint density at radius 1 is 1.47 bits per heavy atom. The lowest BCUT2D eigenvalue weighted by molar-refractivity contribution is -0.127. The molecule has 0 bridgehead atoms. The van der Waals surface area contributed by atoms with Crippen LogP contribution in [0.25, 0.3) is 0 Å². The van der Waals surface area contributed by atoms with Crippen LogP contribution in [0.3, 0.4) is 0 Å². The van der Waals surface area contributed by atoms with Gasteiger partial charge in [0.05, 0.1) is 0 Å². The van der Waals surface area contributed by atoms with Crippen LogP contribution in [-0.4, -0.2) is 25.0 Å². The van der Waals surface area contributed by atoms with Gasteiger partial charge in [0.1, 0.15) is 0 Å². The Labute approximate surface area is 93.0 Å². The van der Waals surface area contributed by atoms with Crippen molar-refractivity contribution in [2.45, 2.75) is 46.1 Å². The maximum absolute atomic E-state index is 11.8. The SMILES string of the molecule is CCCCC(C)NC(=O)C(C)C1CNC1. The topological polar surface area (TPSA) is 41.1 Å².